The molecule has 16 heavy (non-hydrogen) atoms. The summed E-state index contributed by atoms with van der Waals surface area (Å²) in [4.78, 5) is 16.0. The zero-order valence-corrected chi connectivity index (χ0v) is 11.3. The van der Waals surface area contributed by atoms with E-state index < -0.39 is 5.97 Å². The first-order chi connectivity index (χ1) is 7.21. The SMILES string of the molecule is CC(C)Cc1nc(C(C)(C)C)sc1C(=O)O. The number of aromatic carboxylic acids is 1. The van der Waals surface area contributed by atoms with Crippen molar-refractivity contribution in [1.82, 2.24) is 4.98 Å². The van der Waals surface area contributed by atoms with Gasteiger partial charge in [-0.15, -0.1) is 11.3 Å². The number of thiazole rings is 1. The fourth-order valence-electron chi connectivity index (χ4n) is 1.36. The highest BCUT2D eigenvalue weighted by Crippen LogP contribution is 2.30. The molecule has 1 heterocycles. The van der Waals surface area contributed by atoms with Gasteiger partial charge in [-0.3, -0.25) is 0 Å². The average Bonchev–Trinajstić information content (AvgIpc) is 2.45. The van der Waals surface area contributed by atoms with Crippen LogP contribution in [0.3, 0.4) is 0 Å². The van der Waals surface area contributed by atoms with Crippen LogP contribution in [0, 0.1) is 5.92 Å². The summed E-state index contributed by atoms with van der Waals surface area (Å²) in [5.41, 5.74) is 0.654. The topological polar surface area (TPSA) is 50.2 Å². The van der Waals surface area contributed by atoms with Crippen LogP contribution in [0.15, 0.2) is 0 Å². The number of carbonyl (C=O) groups is 1. The van der Waals surface area contributed by atoms with Gasteiger partial charge < -0.3 is 5.11 Å². The highest BCUT2D eigenvalue weighted by Gasteiger charge is 2.24. The second kappa shape index (κ2) is 4.53. The number of hydrogen-bond donors (Lipinski definition) is 1. The Hall–Kier alpha value is -0.900. The molecule has 0 spiro atoms. The lowest BCUT2D eigenvalue weighted by Crippen LogP contribution is -2.10. The molecule has 1 N–H and O–H groups in total. The van der Waals surface area contributed by atoms with Crippen LogP contribution in [-0.2, 0) is 11.8 Å². The van der Waals surface area contributed by atoms with Crippen molar-refractivity contribution < 1.29 is 9.90 Å². The summed E-state index contributed by atoms with van der Waals surface area (Å²) in [5.74, 6) is -0.434. The summed E-state index contributed by atoms with van der Waals surface area (Å²) in [6.45, 7) is 10.3. The summed E-state index contributed by atoms with van der Waals surface area (Å²) in [7, 11) is 0. The van der Waals surface area contributed by atoms with Crippen LogP contribution in [0.25, 0.3) is 0 Å². The van der Waals surface area contributed by atoms with Crippen molar-refractivity contribution in [3.05, 3.63) is 15.6 Å². The molecule has 3 nitrogen and oxygen atoms in total. The van der Waals surface area contributed by atoms with E-state index in [2.05, 4.69) is 39.6 Å². The van der Waals surface area contributed by atoms with Crippen LogP contribution in [0.1, 0.15) is 55.0 Å². The molecule has 0 aliphatic rings. The zero-order valence-electron chi connectivity index (χ0n) is 10.5. The van der Waals surface area contributed by atoms with Crippen LogP contribution >= 0.6 is 11.3 Å². The third-order valence-electron chi connectivity index (χ3n) is 2.13. The smallest absolute Gasteiger partial charge is 0.347 e. The Kier molecular flexibility index (Phi) is 3.73. The van der Waals surface area contributed by atoms with E-state index in [1.807, 2.05) is 0 Å². The van der Waals surface area contributed by atoms with Gasteiger partial charge >= 0.3 is 5.97 Å². The minimum atomic E-state index is -0.858. The minimum Gasteiger partial charge on any atom is -0.477 e. The predicted molar refractivity (Wildman–Crippen MR) is 66.3 cm³/mol. The summed E-state index contributed by atoms with van der Waals surface area (Å²) < 4.78 is 0. The van der Waals surface area contributed by atoms with Crippen molar-refractivity contribution in [2.24, 2.45) is 5.92 Å². The summed E-state index contributed by atoms with van der Waals surface area (Å²) in [6, 6.07) is 0. The van der Waals surface area contributed by atoms with Crippen LogP contribution in [-0.4, -0.2) is 16.1 Å². The van der Waals surface area contributed by atoms with Crippen LogP contribution in [0.5, 0.6) is 0 Å². The van der Waals surface area contributed by atoms with Crippen LogP contribution < -0.4 is 0 Å². The van der Waals surface area contributed by atoms with Crippen molar-refractivity contribution in [1.29, 1.82) is 0 Å². The standard InChI is InChI=1S/C12H19NO2S/c1-7(2)6-8-9(10(14)15)16-11(13-8)12(3,4)5/h7H,6H2,1-5H3,(H,14,15). The van der Waals surface area contributed by atoms with E-state index in [0.717, 1.165) is 17.1 Å². The van der Waals surface area contributed by atoms with Crippen molar-refractivity contribution in [2.45, 2.75) is 46.5 Å². The van der Waals surface area contributed by atoms with Crippen molar-refractivity contribution in [3.8, 4) is 0 Å². The normalized spacial score (nSPS) is 12.1. The van der Waals surface area contributed by atoms with E-state index in [9.17, 15) is 4.79 Å². The zero-order chi connectivity index (χ0) is 12.5. The molecule has 0 saturated carbocycles. The van der Waals surface area contributed by atoms with E-state index in [0.29, 0.717) is 10.8 Å². The molecule has 1 rings (SSSR count). The Morgan fingerprint density at radius 1 is 1.44 bits per heavy atom. The Balaban J connectivity index is 3.15. The molecule has 1 aromatic heterocycles. The van der Waals surface area contributed by atoms with E-state index in [1.165, 1.54) is 11.3 Å². The van der Waals surface area contributed by atoms with Gasteiger partial charge in [0.2, 0.25) is 0 Å². The van der Waals surface area contributed by atoms with Gasteiger partial charge in [-0.1, -0.05) is 34.6 Å². The van der Waals surface area contributed by atoms with E-state index in [1.54, 1.807) is 0 Å². The largest absolute Gasteiger partial charge is 0.477 e. The third-order valence-corrected chi connectivity index (χ3v) is 3.65. The first kappa shape index (κ1) is 13.2. The lowest BCUT2D eigenvalue weighted by Gasteiger charge is -2.13. The van der Waals surface area contributed by atoms with E-state index >= 15 is 0 Å². The maximum absolute atomic E-state index is 11.1. The monoisotopic (exact) mass is 241 g/mol. The predicted octanol–water partition coefficient (Wildman–Crippen LogP) is 3.34. The fourth-order valence-corrected chi connectivity index (χ4v) is 2.35. The Morgan fingerprint density at radius 3 is 2.38 bits per heavy atom. The molecule has 0 fully saturated rings. The first-order valence-electron chi connectivity index (χ1n) is 5.45. The number of rotatable bonds is 3. The van der Waals surface area contributed by atoms with Gasteiger partial charge in [0.25, 0.3) is 0 Å². The van der Waals surface area contributed by atoms with E-state index in [4.69, 9.17) is 5.11 Å². The minimum absolute atomic E-state index is 0.0793. The van der Waals surface area contributed by atoms with Crippen molar-refractivity contribution >= 4 is 17.3 Å². The Labute approximate surface area is 101 Å². The summed E-state index contributed by atoms with van der Waals surface area (Å²) in [6.07, 6.45) is 0.730. The average molecular weight is 241 g/mol. The Morgan fingerprint density at radius 2 is 2.00 bits per heavy atom. The molecule has 0 aromatic carbocycles. The van der Waals surface area contributed by atoms with Crippen LogP contribution in [0.4, 0.5) is 0 Å². The van der Waals surface area contributed by atoms with Gasteiger partial charge in [-0.05, 0) is 12.3 Å². The molecular weight excluding hydrogens is 222 g/mol. The van der Waals surface area contributed by atoms with E-state index in [-0.39, 0.29) is 5.41 Å². The number of hydrogen-bond acceptors (Lipinski definition) is 3. The molecular formula is C12H19NO2S. The highest BCUT2D eigenvalue weighted by atomic mass is 32.1. The molecule has 0 atom stereocenters. The summed E-state index contributed by atoms with van der Waals surface area (Å²) >= 11 is 1.31. The molecule has 0 radical (unpaired) electrons. The quantitative estimate of drug-likeness (QED) is 0.883. The maximum Gasteiger partial charge on any atom is 0.347 e. The maximum atomic E-state index is 11.1. The molecule has 0 amide bonds. The third kappa shape index (κ3) is 3.04. The highest BCUT2D eigenvalue weighted by molar-refractivity contribution is 7.13. The van der Waals surface area contributed by atoms with Gasteiger partial charge in [0.05, 0.1) is 10.7 Å². The van der Waals surface area contributed by atoms with Gasteiger partial charge in [-0.2, -0.15) is 0 Å². The fraction of sp³-hybridized carbons (Fsp3) is 0.667. The number of carboxylic acid groups (broad SMARTS) is 1. The molecule has 0 aliphatic carbocycles. The van der Waals surface area contributed by atoms with Gasteiger partial charge in [0.1, 0.15) is 4.88 Å². The van der Waals surface area contributed by atoms with Gasteiger partial charge in [0.15, 0.2) is 0 Å². The number of nitrogens with zero attached hydrogens (tertiary/aromatic N) is 1. The first-order valence-corrected chi connectivity index (χ1v) is 6.27. The molecule has 0 saturated heterocycles. The van der Waals surface area contributed by atoms with Crippen molar-refractivity contribution in [3.63, 3.8) is 0 Å². The number of carboxylic acids is 1. The lowest BCUT2D eigenvalue weighted by molar-refractivity contribution is 0.0700. The lowest BCUT2D eigenvalue weighted by atomic mass is 9.98. The molecule has 4 heteroatoms. The molecule has 90 valence electrons. The van der Waals surface area contributed by atoms with Gasteiger partial charge in [0, 0.05) is 5.41 Å². The summed E-state index contributed by atoms with van der Waals surface area (Å²) in [5, 5.41) is 10.0. The molecule has 0 bridgehead atoms. The molecule has 1 aromatic rings. The van der Waals surface area contributed by atoms with Crippen molar-refractivity contribution in [2.75, 3.05) is 0 Å². The molecule has 0 aliphatic heterocycles. The second-order valence-corrected chi connectivity index (χ2v) is 6.45. The molecule has 0 unspecified atom stereocenters. The van der Waals surface area contributed by atoms with Gasteiger partial charge in [-0.25, -0.2) is 9.78 Å². The second-order valence-electron chi connectivity index (χ2n) is 5.45. The van der Waals surface area contributed by atoms with Crippen LogP contribution in [0.2, 0.25) is 0 Å². The Bertz CT molecular complexity index is 388. The number of aromatic nitrogens is 1.